The van der Waals surface area contributed by atoms with E-state index in [-0.39, 0.29) is 22.4 Å². The predicted octanol–water partition coefficient (Wildman–Crippen LogP) is 2.83. The summed E-state index contributed by atoms with van der Waals surface area (Å²) in [6.45, 7) is 0. The van der Waals surface area contributed by atoms with Gasteiger partial charge in [-0.15, -0.1) is 0 Å². The van der Waals surface area contributed by atoms with Gasteiger partial charge in [-0.25, -0.2) is 22.4 Å². The fourth-order valence-electron chi connectivity index (χ4n) is 5.05. The summed E-state index contributed by atoms with van der Waals surface area (Å²) in [6.07, 6.45) is 4.66. The van der Waals surface area contributed by atoms with Crippen molar-refractivity contribution in [2.75, 3.05) is 7.05 Å². The highest BCUT2D eigenvalue weighted by Crippen LogP contribution is 2.37. The number of carboxylic acids is 1. The number of benzene rings is 1. The Balaban J connectivity index is 1.70. The summed E-state index contributed by atoms with van der Waals surface area (Å²) in [5, 5.41) is 23.9. The first kappa shape index (κ1) is 23.5. The van der Waals surface area contributed by atoms with Crippen molar-refractivity contribution in [3.63, 3.8) is 0 Å². The lowest BCUT2D eigenvalue weighted by Crippen LogP contribution is -2.31. The molecule has 184 valence electrons. The Morgan fingerprint density at radius 1 is 1.17 bits per heavy atom. The number of hydrogen-bond acceptors (Lipinski definition) is 7. The van der Waals surface area contributed by atoms with Gasteiger partial charge in [0.05, 0.1) is 23.0 Å². The molecule has 10 nitrogen and oxygen atoms in total. The van der Waals surface area contributed by atoms with E-state index in [1.807, 2.05) is 11.6 Å². The second-order valence-electron chi connectivity index (χ2n) is 8.91. The number of pyridine rings is 1. The first-order valence-electron chi connectivity index (χ1n) is 11.6. The minimum Gasteiger partial charge on any atom is -0.481 e. The minimum atomic E-state index is -3.88. The van der Waals surface area contributed by atoms with E-state index < -0.39 is 28.5 Å². The van der Waals surface area contributed by atoms with Crippen LogP contribution < -0.4 is 5.32 Å². The molecule has 0 spiro atoms. The summed E-state index contributed by atoms with van der Waals surface area (Å²) in [4.78, 5) is 20.5. The predicted molar refractivity (Wildman–Crippen MR) is 130 cm³/mol. The fraction of sp³-hybridized carbons (Fsp3) is 0.375. The lowest BCUT2D eigenvalue weighted by atomic mass is 9.90. The Morgan fingerprint density at radius 2 is 1.89 bits per heavy atom. The largest absolute Gasteiger partial charge is 0.481 e. The van der Waals surface area contributed by atoms with Gasteiger partial charge < -0.3 is 20.1 Å². The SMILES string of the molecule is CNC1CCC(n2c(C(O)CC(=O)O)nc3cnc4c(ccn4S(=O)(=O)c4ccccc4)c32)CC1. The van der Waals surface area contributed by atoms with Gasteiger partial charge in [0.15, 0.2) is 5.65 Å². The smallest absolute Gasteiger partial charge is 0.306 e. The zero-order valence-electron chi connectivity index (χ0n) is 19.2. The number of aliphatic hydroxyl groups is 1. The van der Waals surface area contributed by atoms with Gasteiger partial charge in [0.2, 0.25) is 0 Å². The zero-order valence-corrected chi connectivity index (χ0v) is 20.0. The lowest BCUT2D eigenvalue weighted by Gasteiger charge is -2.31. The van der Waals surface area contributed by atoms with E-state index in [1.54, 1.807) is 24.3 Å². The van der Waals surface area contributed by atoms with Crippen LogP contribution >= 0.6 is 0 Å². The first-order valence-corrected chi connectivity index (χ1v) is 13.0. The van der Waals surface area contributed by atoms with Gasteiger partial charge in [0.1, 0.15) is 17.4 Å². The van der Waals surface area contributed by atoms with Gasteiger partial charge in [-0.1, -0.05) is 18.2 Å². The second-order valence-corrected chi connectivity index (χ2v) is 10.7. The van der Waals surface area contributed by atoms with E-state index in [0.29, 0.717) is 22.5 Å². The van der Waals surface area contributed by atoms with E-state index >= 15 is 0 Å². The second kappa shape index (κ2) is 9.06. The summed E-state index contributed by atoms with van der Waals surface area (Å²) in [6, 6.07) is 10.2. The van der Waals surface area contributed by atoms with Crippen molar-refractivity contribution in [2.24, 2.45) is 0 Å². The summed E-state index contributed by atoms with van der Waals surface area (Å²) < 4.78 is 29.7. The van der Waals surface area contributed by atoms with Crippen LogP contribution in [0, 0.1) is 0 Å². The van der Waals surface area contributed by atoms with Crippen molar-refractivity contribution in [3.05, 3.63) is 54.6 Å². The number of rotatable bonds is 7. The van der Waals surface area contributed by atoms with E-state index in [9.17, 15) is 23.4 Å². The van der Waals surface area contributed by atoms with Gasteiger partial charge in [-0.3, -0.25) is 4.79 Å². The molecule has 3 aromatic heterocycles. The van der Waals surface area contributed by atoms with Gasteiger partial charge in [-0.05, 0) is 50.9 Å². The van der Waals surface area contributed by atoms with Gasteiger partial charge in [-0.2, -0.15) is 0 Å². The summed E-state index contributed by atoms with van der Waals surface area (Å²) in [5.41, 5.74) is 1.40. The summed E-state index contributed by atoms with van der Waals surface area (Å²) >= 11 is 0. The normalized spacial score (nSPS) is 19.8. The third-order valence-corrected chi connectivity index (χ3v) is 8.47. The molecule has 4 aromatic rings. The summed E-state index contributed by atoms with van der Waals surface area (Å²) in [5.74, 6) is -0.860. The van der Waals surface area contributed by atoms with Crippen LogP contribution in [0.3, 0.4) is 0 Å². The maximum absolute atomic E-state index is 13.3. The molecule has 1 aliphatic rings. The monoisotopic (exact) mass is 497 g/mol. The molecule has 0 amide bonds. The molecule has 0 aliphatic heterocycles. The molecule has 3 heterocycles. The molecular formula is C24H27N5O5S. The molecule has 5 rings (SSSR count). The highest BCUT2D eigenvalue weighted by atomic mass is 32.2. The van der Waals surface area contributed by atoms with Crippen molar-refractivity contribution >= 4 is 38.1 Å². The van der Waals surface area contributed by atoms with Crippen LogP contribution in [0.2, 0.25) is 0 Å². The van der Waals surface area contributed by atoms with Crippen LogP contribution in [0.4, 0.5) is 0 Å². The van der Waals surface area contributed by atoms with Gasteiger partial charge in [0.25, 0.3) is 10.0 Å². The Morgan fingerprint density at radius 3 is 2.54 bits per heavy atom. The third kappa shape index (κ3) is 4.09. The quantitative estimate of drug-likeness (QED) is 0.354. The zero-order chi connectivity index (χ0) is 24.7. The van der Waals surface area contributed by atoms with Crippen LogP contribution in [-0.2, 0) is 14.8 Å². The van der Waals surface area contributed by atoms with E-state index in [2.05, 4.69) is 15.3 Å². The van der Waals surface area contributed by atoms with Crippen LogP contribution in [0.15, 0.2) is 53.7 Å². The molecule has 0 radical (unpaired) electrons. The number of nitrogens with zero attached hydrogens (tertiary/aromatic N) is 4. The van der Waals surface area contributed by atoms with Crippen molar-refractivity contribution in [1.82, 2.24) is 23.8 Å². The maximum Gasteiger partial charge on any atom is 0.306 e. The topological polar surface area (TPSA) is 139 Å². The molecule has 3 N–H and O–H groups in total. The number of carboxylic acid groups (broad SMARTS) is 1. The molecule has 0 bridgehead atoms. The van der Waals surface area contributed by atoms with Crippen LogP contribution in [-0.4, -0.2) is 56.2 Å². The highest BCUT2D eigenvalue weighted by Gasteiger charge is 2.30. The number of aliphatic carboxylic acids is 1. The highest BCUT2D eigenvalue weighted by molar-refractivity contribution is 7.90. The van der Waals surface area contributed by atoms with Crippen LogP contribution in [0.25, 0.3) is 22.1 Å². The summed E-state index contributed by atoms with van der Waals surface area (Å²) in [7, 11) is -1.94. The van der Waals surface area contributed by atoms with Gasteiger partial charge >= 0.3 is 5.97 Å². The Labute approximate surface area is 202 Å². The van der Waals surface area contributed by atoms with E-state index in [1.165, 1.54) is 24.5 Å². The minimum absolute atomic E-state index is 0.0114. The molecule has 1 fully saturated rings. The van der Waals surface area contributed by atoms with Crippen molar-refractivity contribution < 1.29 is 23.4 Å². The van der Waals surface area contributed by atoms with E-state index in [4.69, 9.17) is 0 Å². The number of aromatic nitrogens is 4. The number of imidazole rings is 1. The third-order valence-electron chi connectivity index (χ3n) is 6.79. The Bertz CT molecular complexity index is 1490. The maximum atomic E-state index is 13.3. The van der Waals surface area contributed by atoms with Crippen molar-refractivity contribution in [1.29, 1.82) is 0 Å². The molecule has 11 heteroatoms. The molecule has 1 aliphatic carbocycles. The molecule has 1 saturated carbocycles. The number of fused-ring (bicyclic) bond motifs is 3. The molecule has 1 aromatic carbocycles. The number of hydrogen-bond donors (Lipinski definition) is 3. The van der Waals surface area contributed by atoms with Crippen LogP contribution in [0.1, 0.15) is 50.1 Å². The van der Waals surface area contributed by atoms with Gasteiger partial charge in [0, 0.05) is 23.7 Å². The average Bonchev–Trinajstić information content (AvgIpc) is 3.46. The number of carbonyl (C=O) groups is 1. The number of aliphatic hydroxyl groups excluding tert-OH is 1. The first-order chi connectivity index (χ1) is 16.8. The molecule has 1 atom stereocenters. The lowest BCUT2D eigenvalue weighted by molar-refractivity contribution is -0.139. The van der Waals surface area contributed by atoms with Crippen LogP contribution in [0.5, 0.6) is 0 Å². The average molecular weight is 498 g/mol. The van der Waals surface area contributed by atoms with Crippen molar-refractivity contribution in [2.45, 2.75) is 55.2 Å². The number of nitrogens with one attached hydrogen (secondary N) is 1. The molecule has 35 heavy (non-hydrogen) atoms. The molecular weight excluding hydrogens is 470 g/mol. The fourth-order valence-corrected chi connectivity index (χ4v) is 6.37. The van der Waals surface area contributed by atoms with Crippen molar-refractivity contribution in [3.8, 4) is 0 Å². The standard InChI is InChI=1S/C24H27N5O5S/c1-25-15-7-9-16(10-8-15)29-22-18-11-12-28(35(33,34)17-5-3-2-4-6-17)23(18)26-14-19(22)27-24(29)20(30)13-21(31)32/h2-6,11-12,14-16,20,25,30H,7-10,13H2,1H3,(H,31,32). The van der Waals surface area contributed by atoms with E-state index in [0.717, 1.165) is 29.7 Å². The molecule has 1 unspecified atom stereocenters. The molecule has 0 saturated heterocycles. The Kier molecular flexibility index (Phi) is 6.07. The Hall–Kier alpha value is -3.28.